The van der Waals surface area contributed by atoms with Crippen LogP contribution >= 0.6 is 0 Å². The van der Waals surface area contributed by atoms with E-state index in [4.69, 9.17) is 0 Å². The van der Waals surface area contributed by atoms with Crippen molar-refractivity contribution in [1.29, 1.82) is 0 Å². The number of carbonyl (C=O) groups excluding carboxylic acids is 1. The van der Waals surface area contributed by atoms with Gasteiger partial charge in [-0.25, -0.2) is 18.7 Å². The van der Waals surface area contributed by atoms with E-state index in [0.717, 1.165) is 18.2 Å². The van der Waals surface area contributed by atoms with Crippen molar-refractivity contribution in [2.75, 3.05) is 17.2 Å². The first kappa shape index (κ1) is 13.7. The van der Waals surface area contributed by atoms with Gasteiger partial charge in [0.05, 0.1) is 6.54 Å². The Hall–Kier alpha value is -2.31. The molecular formula is C14H14F2N4O. The lowest BCUT2D eigenvalue weighted by Crippen LogP contribution is -2.14. The van der Waals surface area contributed by atoms with E-state index in [1.807, 2.05) is 0 Å². The number of hydrogen-bond donors (Lipinski definition) is 2. The van der Waals surface area contributed by atoms with Crippen molar-refractivity contribution >= 4 is 28.3 Å². The summed E-state index contributed by atoms with van der Waals surface area (Å²) in [4.78, 5) is 19.9. The van der Waals surface area contributed by atoms with Crippen LogP contribution in [-0.4, -0.2) is 28.8 Å². The standard InChI is InChI=1S/C14H14F2N4O/c15-11(16)7-19-13-10-6-18-12(5-9(10)3-4-17-13)20-14(21)8-1-2-8/h3-6,8,11H,1-2,7H2,(H,17,19)(H,18,20,21). The van der Waals surface area contributed by atoms with E-state index in [0.29, 0.717) is 17.0 Å². The molecule has 0 aromatic carbocycles. The first-order valence-electron chi connectivity index (χ1n) is 6.71. The van der Waals surface area contributed by atoms with Crippen LogP contribution in [0.15, 0.2) is 24.5 Å². The van der Waals surface area contributed by atoms with Crippen LogP contribution in [0.5, 0.6) is 0 Å². The van der Waals surface area contributed by atoms with Crippen LogP contribution in [-0.2, 0) is 4.79 Å². The number of aromatic nitrogens is 2. The van der Waals surface area contributed by atoms with Gasteiger partial charge < -0.3 is 10.6 Å². The predicted octanol–water partition coefficient (Wildman–Crippen LogP) is 2.66. The molecule has 2 N–H and O–H groups in total. The fraction of sp³-hybridized carbons (Fsp3) is 0.357. The summed E-state index contributed by atoms with van der Waals surface area (Å²) in [5, 5.41) is 6.76. The van der Waals surface area contributed by atoms with Crippen molar-refractivity contribution in [3.8, 4) is 0 Å². The Morgan fingerprint density at radius 2 is 2.19 bits per heavy atom. The average molecular weight is 292 g/mol. The molecule has 1 amide bonds. The van der Waals surface area contributed by atoms with Crippen LogP contribution in [0.3, 0.4) is 0 Å². The summed E-state index contributed by atoms with van der Waals surface area (Å²) in [6.45, 7) is -0.466. The SMILES string of the molecule is O=C(Nc1cc2ccnc(NCC(F)F)c2cn1)C1CC1. The zero-order valence-corrected chi connectivity index (χ0v) is 11.1. The summed E-state index contributed by atoms with van der Waals surface area (Å²) in [7, 11) is 0. The lowest BCUT2D eigenvalue weighted by Gasteiger charge is -2.09. The first-order chi connectivity index (χ1) is 10.1. The molecule has 2 aromatic rings. The van der Waals surface area contributed by atoms with Crippen LogP contribution in [0.25, 0.3) is 10.8 Å². The Labute approximate surface area is 119 Å². The highest BCUT2D eigenvalue weighted by molar-refractivity contribution is 5.97. The zero-order valence-electron chi connectivity index (χ0n) is 11.1. The molecule has 5 nitrogen and oxygen atoms in total. The fourth-order valence-electron chi connectivity index (χ4n) is 2.03. The van der Waals surface area contributed by atoms with Gasteiger partial charge in [-0.2, -0.15) is 0 Å². The zero-order chi connectivity index (χ0) is 14.8. The highest BCUT2D eigenvalue weighted by Gasteiger charge is 2.29. The number of pyridine rings is 2. The van der Waals surface area contributed by atoms with E-state index in [-0.39, 0.29) is 11.8 Å². The van der Waals surface area contributed by atoms with Crippen molar-refractivity contribution in [1.82, 2.24) is 9.97 Å². The Kier molecular flexibility index (Phi) is 3.64. The van der Waals surface area contributed by atoms with Crippen LogP contribution in [0.2, 0.25) is 0 Å². The average Bonchev–Trinajstić information content (AvgIpc) is 3.29. The summed E-state index contributed by atoms with van der Waals surface area (Å²) in [6, 6.07) is 3.46. The molecule has 2 heterocycles. The third kappa shape index (κ3) is 3.24. The van der Waals surface area contributed by atoms with Crippen molar-refractivity contribution in [3.63, 3.8) is 0 Å². The number of anilines is 2. The largest absolute Gasteiger partial charge is 0.364 e. The quantitative estimate of drug-likeness (QED) is 0.889. The second-order valence-electron chi connectivity index (χ2n) is 4.99. The molecule has 1 saturated carbocycles. The lowest BCUT2D eigenvalue weighted by molar-refractivity contribution is -0.117. The maximum atomic E-state index is 12.3. The van der Waals surface area contributed by atoms with Crippen LogP contribution in [0, 0.1) is 5.92 Å². The molecule has 110 valence electrons. The number of fused-ring (bicyclic) bond motifs is 1. The molecule has 0 radical (unpaired) electrons. The van der Waals surface area contributed by atoms with Gasteiger partial charge in [0.25, 0.3) is 6.43 Å². The molecule has 21 heavy (non-hydrogen) atoms. The molecule has 0 spiro atoms. The Bertz CT molecular complexity index is 673. The molecule has 0 unspecified atom stereocenters. The number of amides is 1. The number of halogens is 2. The summed E-state index contributed by atoms with van der Waals surface area (Å²) < 4.78 is 24.5. The molecule has 2 aromatic heterocycles. The van der Waals surface area contributed by atoms with Crippen molar-refractivity contribution in [2.45, 2.75) is 19.3 Å². The summed E-state index contributed by atoms with van der Waals surface area (Å²) >= 11 is 0. The van der Waals surface area contributed by atoms with Gasteiger partial charge in [0.2, 0.25) is 5.91 Å². The normalized spacial score (nSPS) is 14.4. The van der Waals surface area contributed by atoms with Gasteiger partial charge >= 0.3 is 0 Å². The fourth-order valence-corrected chi connectivity index (χ4v) is 2.03. The Morgan fingerprint density at radius 1 is 1.38 bits per heavy atom. The monoisotopic (exact) mass is 292 g/mol. The van der Waals surface area contributed by atoms with Crippen molar-refractivity contribution in [2.24, 2.45) is 5.92 Å². The number of nitrogens with one attached hydrogen (secondary N) is 2. The minimum atomic E-state index is -2.45. The highest BCUT2D eigenvalue weighted by Crippen LogP contribution is 2.30. The topological polar surface area (TPSA) is 66.9 Å². The third-order valence-electron chi connectivity index (χ3n) is 3.27. The van der Waals surface area contributed by atoms with E-state index >= 15 is 0 Å². The second-order valence-corrected chi connectivity index (χ2v) is 4.99. The molecule has 1 fully saturated rings. The number of hydrogen-bond acceptors (Lipinski definition) is 4. The molecule has 0 saturated heterocycles. The molecule has 0 aliphatic heterocycles. The predicted molar refractivity (Wildman–Crippen MR) is 75.4 cm³/mol. The van der Waals surface area contributed by atoms with Gasteiger partial charge in [0, 0.05) is 23.7 Å². The van der Waals surface area contributed by atoms with Gasteiger partial charge in [-0.3, -0.25) is 4.79 Å². The van der Waals surface area contributed by atoms with Crippen LogP contribution in [0.1, 0.15) is 12.8 Å². The van der Waals surface area contributed by atoms with E-state index in [9.17, 15) is 13.6 Å². The van der Waals surface area contributed by atoms with E-state index in [1.54, 1.807) is 12.1 Å². The number of nitrogens with zero attached hydrogens (tertiary/aromatic N) is 2. The van der Waals surface area contributed by atoms with E-state index in [2.05, 4.69) is 20.6 Å². The molecule has 1 aliphatic carbocycles. The summed E-state index contributed by atoms with van der Waals surface area (Å²) in [5.74, 6) is 0.904. The molecule has 0 atom stereocenters. The van der Waals surface area contributed by atoms with Gasteiger partial charge in [-0.15, -0.1) is 0 Å². The number of alkyl halides is 2. The first-order valence-corrected chi connectivity index (χ1v) is 6.71. The van der Waals surface area contributed by atoms with E-state index < -0.39 is 13.0 Å². The number of carbonyl (C=O) groups is 1. The molecule has 1 aliphatic rings. The molecular weight excluding hydrogens is 278 g/mol. The van der Waals surface area contributed by atoms with Gasteiger partial charge in [0.1, 0.15) is 11.6 Å². The summed E-state index contributed by atoms with van der Waals surface area (Å²) in [6.07, 6.45) is 2.45. The Morgan fingerprint density at radius 3 is 2.90 bits per heavy atom. The molecule has 0 bridgehead atoms. The third-order valence-corrected chi connectivity index (χ3v) is 3.27. The maximum absolute atomic E-state index is 12.3. The number of rotatable bonds is 5. The van der Waals surface area contributed by atoms with Crippen LogP contribution < -0.4 is 10.6 Å². The second kappa shape index (κ2) is 5.59. The Balaban J connectivity index is 1.82. The van der Waals surface area contributed by atoms with Gasteiger partial charge in [-0.1, -0.05) is 0 Å². The van der Waals surface area contributed by atoms with Crippen molar-refractivity contribution < 1.29 is 13.6 Å². The van der Waals surface area contributed by atoms with Gasteiger partial charge in [-0.05, 0) is 30.4 Å². The smallest absolute Gasteiger partial charge is 0.255 e. The summed E-state index contributed by atoms with van der Waals surface area (Å²) in [5.41, 5.74) is 0. The minimum absolute atomic E-state index is 0.0213. The van der Waals surface area contributed by atoms with Crippen LogP contribution in [0.4, 0.5) is 20.4 Å². The molecule has 3 rings (SSSR count). The minimum Gasteiger partial charge on any atom is -0.364 e. The highest BCUT2D eigenvalue weighted by atomic mass is 19.3. The van der Waals surface area contributed by atoms with E-state index in [1.165, 1.54) is 12.4 Å². The van der Waals surface area contributed by atoms with Crippen molar-refractivity contribution in [3.05, 3.63) is 24.5 Å². The maximum Gasteiger partial charge on any atom is 0.255 e. The lowest BCUT2D eigenvalue weighted by atomic mass is 10.2. The van der Waals surface area contributed by atoms with Gasteiger partial charge in [0.15, 0.2) is 0 Å². The molecule has 7 heteroatoms.